The summed E-state index contributed by atoms with van der Waals surface area (Å²) in [5, 5.41) is 11.7. The molecule has 0 fully saturated rings. The number of benzene rings is 1. The first-order chi connectivity index (χ1) is 11.1. The molecule has 0 unspecified atom stereocenters. The van der Waals surface area contributed by atoms with Gasteiger partial charge in [0.1, 0.15) is 5.82 Å². The number of rotatable bonds is 4. The molecule has 2 heterocycles. The van der Waals surface area contributed by atoms with E-state index in [-0.39, 0.29) is 11.8 Å². The molecule has 0 aliphatic carbocycles. The van der Waals surface area contributed by atoms with Crippen LogP contribution in [0, 0.1) is 12.7 Å². The summed E-state index contributed by atoms with van der Waals surface area (Å²) >= 11 is 1.62. The van der Waals surface area contributed by atoms with E-state index in [0.29, 0.717) is 12.1 Å². The van der Waals surface area contributed by atoms with Crippen LogP contribution in [0.3, 0.4) is 0 Å². The SMILES string of the molecule is Cc1ccc(CNC(=O)Nc2n[nH]c(-c3ccccc3F)n2)s1. The Hall–Kier alpha value is -2.74. The first kappa shape index (κ1) is 15.2. The third-order valence-electron chi connectivity index (χ3n) is 3.06. The molecule has 1 aromatic carbocycles. The van der Waals surface area contributed by atoms with Crippen LogP contribution < -0.4 is 10.6 Å². The molecule has 0 spiro atoms. The van der Waals surface area contributed by atoms with Gasteiger partial charge in [-0.05, 0) is 31.2 Å². The molecule has 0 saturated carbocycles. The van der Waals surface area contributed by atoms with E-state index in [0.717, 1.165) is 4.88 Å². The van der Waals surface area contributed by atoms with Crippen LogP contribution in [0.25, 0.3) is 11.4 Å². The number of carbonyl (C=O) groups excluding carboxylic acids is 1. The van der Waals surface area contributed by atoms with Gasteiger partial charge in [-0.25, -0.2) is 9.18 Å². The van der Waals surface area contributed by atoms with Crippen molar-refractivity contribution in [2.24, 2.45) is 0 Å². The summed E-state index contributed by atoms with van der Waals surface area (Å²) in [5.74, 6) is -0.0666. The van der Waals surface area contributed by atoms with Crippen LogP contribution in [-0.4, -0.2) is 21.2 Å². The van der Waals surface area contributed by atoms with Gasteiger partial charge in [0.25, 0.3) is 0 Å². The van der Waals surface area contributed by atoms with Crippen molar-refractivity contribution in [3.8, 4) is 11.4 Å². The number of amides is 2. The van der Waals surface area contributed by atoms with Gasteiger partial charge in [-0.2, -0.15) is 4.98 Å². The Morgan fingerprint density at radius 1 is 1.30 bits per heavy atom. The smallest absolute Gasteiger partial charge is 0.321 e. The molecule has 0 aliphatic heterocycles. The predicted molar refractivity (Wildman–Crippen MR) is 86.7 cm³/mol. The van der Waals surface area contributed by atoms with E-state index < -0.39 is 11.8 Å². The number of hydrogen-bond acceptors (Lipinski definition) is 4. The molecule has 2 amide bonds. The van der Waals surface area contributed by atoms with Crippen molar-refractivity contribution in [3.05, 3.63) is 52.0 Å². The van der Waals surface area contributed by atoms with Gasteiger partial charge in [0, 0.05) is 9.75 Å². The first-order valence-corrected chi connectivity index (χ1v) is 7.71. The molecule has 2 aromatic heterocycles. The third kappa shape index (κ3) is 3.72. The van der Waals surface area contributed by atoms with E-state index in [2.05, 4.69) is 25.8 Å². The van der Waals surface area contributed by atoms with Crippen molar-refractivity contribution >= 4 is 23.3 Å². The second-order valence-electron chi connectivity index (χ2n) is 4.81. The average molecular weight is 331 g/mol. The van der Waals surface area contributed by atoms with Gasteiger partial charge in [0.15, 0.2) is 5.82 Å². The zero-order chi connectivity index (χ0) is 16.2. The van der Waals surface area contributed by atoms with Crippen molar-refractivity contribution in [2.75, 3.05) is 5.32 Å². The van der Waals surface area contributed by atoms with E-state index in [9.17, 15) is 9.18 Å². The molecule has 118 valence electrons. The highest BCUT2D eigenvalue weighted by molar-refractivity contribution is 7.11. The lowest BCUT2D eigenvalue weighted by Crippen LogP contribution is -2.28. The number of aryl methyl sites for hydroxylation is 1. The van der Waals surface area contributed by atoms with Crippen LogP contribution in [0.1, 0.15) is 9.75 Å². The summed E-state index contributed by atoms with van der Waals surface area (Å²) in [4.78, 5) is 18.1. The van der Waals surface area contributed by atoms with Crippen LogP contribution >= 0.6 is 11.3 Å². The zero-order valence-corrected chi connectivity index (χ0v) is 13.1. The maximum atomic E-state index is 13.7. The van der Waals surface area contributed by atoms with Gasteiger partial charge in [-0.1, -0.05) is 12.1 Å². The Kier molecular flexibility index (Phi) is 4.33. The Morgan fingerprint density at radius 3 is 2.87 bits per heavy atom. The summed E-state index contributed by atoms with van der Waals surface area (Å²) in [6.07, 6.45) is 0. The molecule has 23 heavy (non-hydrogen) atoms. The lowest BCUT2D eigenvalue weighted by atomic mass is 10.2. The molecule has 0 radical (unpaired) electrons. The minimum Gasteiger partial charge on any atom is -0.333 e. The van der Waals surface area contributed by atoms with Gasteiger partial charge in [0.05, 0.1) is 12.1 Å². The standard InChI is InChI=1S/C15H14FN5OS/c1-9-6-7-10(23-9)8-17-15(22)19-14-18-13(20-21-14)11-4-2-3-5-12(11)16/h2-7H,8H2,1H3,(H3,17,18,19,20,21,22). The Morgan fingerprint density at radius 2 is 2.13 bits per heavy atom. The molecule has 3 rings (SSSR count). The van der Waals surface area contributed by atoms with Crippen molar-refractivity contribution in [1.29, 1.82) is 0 Å². The van der Waals surface area contributed by atoms with Crippen LogP contribution in [0.15, 0.2) is 36.4 Å². The molecule has 3 aromatic rings. The minimum absolute atomic E-state index is 0.0862. The van der Waals surface area contributed by atoms with Crippen LogP contribution in [0.4, 0.5) is 15.1 Å². The maximum Gasteiger partial charge on any atom is 0.321 e. The predicted octanol–water partition coefficient (Wildman–Crippen LogP) is 3.30. The molecule has 6 nitrogen and oxygen atoms in total. The summed E-state index contributed by atoms with van der Waals surface area (Å²) in [7, 11) is 0. The summed E-state index contributed by atoms with van der Waals surface area (Å²) in [6, 6.07) is 9.74. The Bertz CT molecular complexity index is 829. The molecule has 8 heteroatoms. The van der Waals surface area contributed by atoms with Crippen LogP contribution in [0.2, 0.25) is 0 Å². The van der Waals surface area contributed by atoms with Crippen LogP contribution in [0.5, 0.6) is 0 Å². The number of aromatic amines is 1. The Labute approximate surface area is 135 Å². The number of thiophene rings is 1. The van der Waals surface area contributed by atoms with E-state index in [1.807, 2.05) is 19.1 Å². The van der Waals surface area contributed by atoms with E-state index in [1.54, 1.807) is 29.5 Å². The molecule has 0 aliphatic rings. The number of urea groups is 1. The fourth-order valence-electron chi connectivity index (χ4n) is 1.98. The summed E-state index contributed by atoms with van der Waals surface area (Å²) < 4.78 is 13.7. The fraction of sp³-hybridized carbons (Fsp3) is 0.133. The van der Waals surface area contributed by atoms with E-state index in [4.69, 9.17) is 0 Å². The van der Waals surface area contributed by atoms with Crippen molar-refractivity contribution in [1.82, 2.24) is 20.5 Å². The highest BCUT2D eigenvalue weighted by atomic mass is 32.1. The van der Waals surface area contributed by atoms with Gasteiger partial charge >= 0.3 is 6.03 Å². The number of halogens is 1. The lowest BCUT2D eigenvalue weighted by Gasteiger charge is -2.02. The number of aromatic nitrogens is 3. The Balaban J connectivity index is 1.60. The van der Waals surface area contributed by atoms with E-state index in [1.165, 1.54) is 10.9 Å². The highest BCUT2D eigenvalue weighted by Crippen LogP contribution is 2.19. The second kappa shape index (κ2) is 6.57. The number of nitrogens with one attached hydrogen (secondary N) is 3. The molecule has 0 atom stereocenters. The van der Waals surface area contributed by atoms with Gasteiger partial charge < -0.3 is 5.32 Å². The molecular formula is C15H14FN5OS. The van der Waals surface area contributed by atoms with Crippen LogP contribution in [-0.2, 0) is 6.54 Å². The van der Waals surface area contributed by atoms with Gasteiger partial charge in [-0.15, -0.1) is 16.4 Å². The van der Waals surface area contributed by atoms with Crippen molar-refractivity contribution in [3.63, 3.8) is 0 Å². The molecule has 3 N–H and O–H groups in total. The number of anilines is 1. The topological polar surface area (TPSA) is 82.7 Å². The number of nitrogens with zero attached hydrogens (tertiary/aromatic N) is 2. The second-order valence-corrected chi connectivity index (χ2v) is 6.18. The number of hydrogen-bond donors (Lipinski definition) is 3. The zero-order valence-electron chi connectivity index (χ0n) is 12.3. The van der Waals surface area contributed by atoms with Gasteiger partial charge in [-0.3, -0.25) is 10.4 Å². The quantitative estimate of drug-likeness (QED) is 0.686. The van der Waals surface area contributed by atoms with Gasteiger partial charge in [0.2, 0.25) is 5.95 Å². The fourth-order valence-corrected chi connectivity index (χ4v) is 2.81. The molecular weight excluding hydrogens is 317 g/mol. The number of carbonyl (C=O) groups is 1. The van der Waals surface area contributed by atoms with Crippen molar-refractivity contribution in [2.45, 2.75) is 13.5 Å². The van der Waals surface area contributed by atoms with Crippen molar-refractivity contribution < 1.29 is 9.18 Å². The minimum atomic E-state index is -0.421. The summed E-state index contributed by atoms with van der Waals surface area (Å²) in [6.45, 7) is 2.43. The number of H-pyrrole nitrogens is 1. The van der Waals surface area contributed by atoms with E-state index >= 15 is 0 Å². The maximum absolute atomic E-state index is 13.7. The first-order valence-electron chi connectivity index (χ1n) is 6.89. The highest BCUT2D eigenvalue weighted by Gasteiger charge is 2.11. The largest absolute Gasteiger partial charge is 0.333 e. The third-order valence-corrected chi connectivity index (χ3v) is 4.06. The summed E-state index contributed by atoms with van der Waals surface area (Å²) in [5.41, 5.74) is 0.294. The monoisotopic (exact) mass is 331 g/mol. The lowest BCUT2D eigenvalue weighted by molar-refractivity contribution is 0.251. The molecule has 0 saturated heterocycles. The average Bonchev–Trinajstić information content (AvgIpc) is 3.15. The molecule has 0 bridgehead atoms. The normalized spacial score (nSPS) is 10.5.